The van der Waals surface area contributed by atoms with E-state index in [1.54, 1.807) is 18.2 Å². The molecule has 3 aromatic rings. The molecular weight excluding hydrogens is 467 g/mol. The van der Waals surface area contributed by atoms with Crippen LogP contribution in [0.5, 0.6) is 0 Å². The third kappa shape index (κ3) is 3.72. The van der Waals surface area contributed by atoms with Crippen molar-refractivity contribution in [2.45, 2.75) is 25.4 Å². The third-order valence-corrected chi connectivity index (χ3v) is 7.09. The van der Waals surface area contributed by atoms with Crippen LogP contribution < -0.4 is 10.2 Å². The Morgan fingerprint density at radius 1 is 0.944 bits per heavy atom. The molecule has 2 saturated heterocycles. The molecule has 6 rings (SSSR count). The summed E-state index contributed by atoms with van der Waals surface area (Å²) in [6.07, 6.45) is 0.222. The van der Waals surface area contributed by atoms with Gasteiger partial charge in [0.1, 0.15) is 11.9 Å². The summed E-state index contributed by atoms with van der Waals surface area (Å²) in [6.45, 7) is 3.61. The van der Waals surface area contributed by atoms with Crippen molar-refractivity contribution in [1.29, 1.82) is 0 Å². The standard InChI is InChI=1S/C25H23FN6O4/c26-15-2-4-17-19(12-15)28-29-22(17)31-9-7-30(8-10-31)13-14-1-3-16-18(11-14)25(36)32(24(16)35)20-5-6-21(33)27-23(20)34/h1-4,11-12,20H,5-10,13H2,(H,28,29)(H,27,33,34). The van der Waals surface area contributed by atoms with E-state index in [4.69, 9.17) is 0 Å². The number of imide groups is 2. The van der Waals surface area contributed by atoms with E-state index in [1.165, 1.54) is 12.1 Å². The number of anilines is 1. The number of hydrogen-bond acceptors (Lipinski definition) is 7. The van der Waals surface area contributed by atoms with Gasteiger partial charge in [0.25, 0.3) is 11.8 Å². The normalized spacial score (nSPS) is 20.9. The second-order valence-electron chi connectivity index (χ2n) is 9.33. The number of fused-ring (bicyclic) bond motifs is 2. The number of aromatic amines is 1. The van der Waals surface area contributed by atoms with Crippen LogP contribution in [-0.2, 0) is 16.1 Å². The van der Waals surface area contributed by atoms with Gasteiger partial charge in [-0.05, 0) is 42.3 Å². The molecule has 3 aliphatic heterocycles. The zero-order valence-corrected chi connectivity index (χ0v) is 19.3. The minimum absolute atomic E-state index is 0.0893. The monoisotopic (exact) mass is 490 g/mol. The summed E-state index contributed by atoms with van der Waals surface area (Å²) < 4.78 is 13.5. The van der Waals surface area contributed by atoms with Gasteiger partial charge in [0.2, 0.25) is 11.8 Å². The third-order valence-electron chi connectivity index (χ3n) is 7.09. The Labute approximate surface area is 205 Å². The highest BCUT2D eigenvalue weighted by Crippen LogP contribution is 2.29. The van der Waals surface area contributed by atoms with Gasteiger partial charge < -0.3 is 4.90 Å². The van der Waals surface area contributed by atoms with Gasteiger partial charge in [0, 0.05) is 44.5 Å². The first-order valence-corrected chi connectivity index (χ1v) is 11.8. The highest BCUT2D eigenvalue weighted by molar-refractivity contribution is 6.23. The molecule has 11 heteroatoms. The quantitative estimate of drug-likeness (QED) is 0.531. The predicted octanol–water partition coefficient (Wildman–Crippen LogP) is 1.43. The number of nitrogens with one attached hydrogen (secondary N) is 2. The Hall–Kier alpha value is -4.12. The number of carbonyl (C=O) groups is 4. The van der Waals surface area contributed by atoms with E-state index in [-0.39, 0.29) is 29.8 Å². The SMILES string of the molecule is O=C1CCC(N2C(=O)c3ccc(CN4CCN(c5n[nH]c6cc(F)ccc56)CC4)cc3C2=O)C(=O)N1. The molecule has 0 aliphatic carbocycles. The number of amides is 4. The average Bonchev–Trinajstić information content (AvgIpc) is 3.38. The molecule has 0 radical (unpaired) electrons. The molecule has 4 heterocycles. The van der Waals surface area contributed by atoms with Crippen molar-refractivity contribution >= 4 is 40.3 Å². The van der Waals surface area contributed by atoms with E-state index >= 15 is 0 Å². The van der Waals surface area contributed by atoms with E-state index in [9.17, 15) is 23.6 Å². The van der Waals surface area contributed by atoms with Crippen molar-refractivity contribution in [3.8, 4) is 0 Å². The zero-order valence-electron chi connectivity index (χ0n) is 19.3. The Balaban J connectivity index is 1.13. The molecule has 36 heavy (non-hydrogen) atoms. The van der Waals surface area contributed by atoms with Crippen molar-refractivity contribution < 1.29 is 23.6 Å². The van der Waals surface area contributed by atoms with E-state index in [1.807, 2.05) is 6.07 Å². The highest BCUT2D eigenvalue weighted by Gasteiger charge is 2.44. The first kappa shape index (κ1) is 22.4. The molecule has 1 unspecified atom stereocenters. The minimum Gasteiger partial charge on any atom is -0.352 e. The van der Waals surface area contributed by atoms with Gasteiger partial charge >= 0.3 is 0 Å². The van der Waals surface area contributed by atoms with E-state index in [0.717, 1.165) is 47.8 Å². The summed E-state index contributed by atoms with van der Waals surface area (Å²) in [5.74, 6) is -1.52. The number of aromatic nitrogens is 2. The number of carbonyl (C=O) groups excluding carboxylic acids is 4. The van der Waals surface area contributed by atoms with Gasteiger partial charge in [-0.1, -0.05) is 6.07 Å². The van der Waals surface area contributed by atoms with Crippen LogP contribution in [0.1, 0.15) is 39.1 Å². The second kappa shape index (κ2) is 8.52. The van der Waals surface area contributed by atoms with Crippen molar-refractivity contribution in [3.05, 3.63) is 58.9 Å². The lowest BCUT2D eigenvalue weighted by Gasteiger charge is -2.35. The zero-order chi connectivity index (χ0) is 25.0. The summed E-state index contributed by atoms with van der Waals surface area (Å²) in [4.78, 5) is 55.1. The number of piperidine rings is 1. The Morgan fingerprint density at radius 3 is 2.50 bits per heavy atom. The van der Waals surface area contributed by atoms with Crippen LogP contribution in [0.15, 0.2) is 36.4 Å². The molecule has 0 saturated carbocycles. The van der Waals surface area contributed by atoms with Gasteiger partial charge in [-0.3, -0.25) is 39.4 Å². The lowest BCUT2D eigenvalue weighted by atomic mass is 10.0. The number of rotatable bonds is 4. The molecule has 2 N–H and O–H groups in total. The molecule has 3 aliphatic rings. The fourth-order valence-corrected chi connectivity index (χ4v) is 5.21. The Kier molecular flexibility index (Phi) is 5.29. The lowest BCUT2D eigenvalue weighted by Crippen LogP contribution is -2.54. The Bertz CT molecular complexity index is 1430. The maximum Gasteiger partial charge on any atom is 0.262 e. The van der Waals surface area contributed by atoms with Crippen molar-refractivity contribution in [2.75, 3.05) is 31.1 Å². The van der Waals surface area contributed by atoms with Gasteiger partial charge in [0.15, 0.2) is 5.82 Å². The maximum absolute atomic E-state index is 13.5. The molecule has 184 valence electrons. The fourth-order valence-electron chi connectivity index (χ4n) is 5.21. The molecular formula is C25H23FN6O4. The van der Waals surface area contributed by atoms with E-state index in [2.05, 4.69) is 25.3 Å². The molecule has 1 aromatic heterocycles. The summed E-state index contributed by atoms with van der Waals surface area (Å²) >= 11 is 0. The lowest BCUT2D eigenvalue weighted by molar-refractivity contribution is -0.136. The maximum atomic E-state index is 13.5. The topological polar surface area (TPSA) is 119 Å². The van der Waals surface area contributed by atoms with Crippen LogP contribution in [0, 0.1) is 5.82 Å². The van der Waals surface area contributed by atoms with E-state index in [0.29, 0.717) is 12.1 Å². The van der Waals surface area contributed by atoms with Crippen LogP contribution in [0.3, 0.4) is 0 Å². The van der Waals surface area contributed by atoms with Crippen LogP contribution in [0.2, 0.25) is 0 Å². The van der Waals surface area contributed by atoms with E-state index < -0.39 is 29.7 Å². The number of nitrogens with zero attached hydrogens (tertiary/aromatic N) is 4. The van der Waals surface area contributed by atoms with Gasteiger partial charge in [-0.15, -0.1) is 0 Å². The van der Waals surface area contributed by atoms with Crippen LogP contribution in [0.25, 0.3) is 10.9 Å². The number of H-pyrrole nitrogens is 1. The van der Waals surface area contributed by atoms with Gasteiger partial charge in [-0.2, -0.15) is 5.10 Å². The summed E-state index contributed by atoms with van der Waals surface area (Å²) in [5, 5.41) is 10.4. The van der Waals surface area contributed by atoms with Crippen LogP contribution in [-0.4, -0.2) is 75.8 Å². The molecule has 0 bridgehead atoms. The van der Waals surface area contributed by atoms with Crippen molar-refractivity contribution in [2.24, 2.45) is 0 Å². The highest BCUT2D eigenvalue weighted by atomic mass is 19.1. The van der Waals surface area contributed by atoms with Crippen LogP contribution >= 0.6 is 0 Å². The summed E-state index contributed by atoms with van der Waals surface area (Å²) in [6, 6.07) is 8.83. The number of benzene rings is 2. The fraction of sp³-hybridized carbons (Fsp3) is 0.320. The molecule has 10 nitrogen and oxygen atoms in total. The first-order chi connectivity index (χ1) is 17.4. The van der Waals surface area contributed by atoms with Crippen molar-refractivity contribution in [3.63, 3.8) is 0 Å². The molecule has 1 atom stereocenters. The summed E-state index contributed by atoms with van der Waals surface area (Å²) in [5.41, 5.74) is 2.13. The molecule has 0 spiro atoms. The molecule has 2 aromatic carbocycles. The number of piperazine rings is 1. The molecule has 4 amide bonds. The molecule has 2 fully saturated rings. The predicted molar refractivity (Wildman–Crippen MR) is 127 cm³/mol. The number of hydrogen-bond donors (Lipinski definition) is 2. The van der Waals surface area contributed by atoms with Gasteiger partial charge in [-0.25, -0.2) is 4.39 Å². The second-order valence-corrected chi connectivity index (χ2v) is 9.33. The largest absolute Gasteiger partial charge is 0.352 e. The van der Waals surface area contributed by atoms with Gasteiger partial charge in [0.05, 0.1) is 16.6 Å². The first-order valence-electron chi connectivity index (χ1n) is 11.8. The average molecular weight is 490 g/mol. The number of halogens is 1. The minimum atomic E-state index is -0.971. The van der Waals surface area contributed by atoms with Crippen molar-refractivity contribution in [1.82, 2.24) is 25.3 Å². The smallest absolute Gasteiger partial charge is 0.262 e. The van der Waals surface area contributed by atoms with Crippen LogP contribution in [0.4, 0.5) is 10.2 Å². The Morgan fingerprint density at radius 2 is 1.72 bits per heavy atom. The summed E-state index contributed by atoms with van der Waals surface area (Å²) in [7, 11) is 0.